The monoisotopic (exact) mass is 318 g/mol. The minimum absolute atomic E-state index is 0.115. The Morgan fingerprint density at radius 1 is 1.27 bits per heavy atom. The number of hydrogen-bond acceptors (Lipinski definition) is 4. The predicted octanol–water partition coefficient (Wildman–Crippen LogP) is 3.71. The molecule has 0 saturated heterocycles. The van der Waals surface area contributed by atoms with Gasteiger partial charge in [0.05, 0.1) is 0 Å². The first-order valence-electron chi connectivity index (χ1n) is 7.17. The molecule has 116 valence electrons. The molecule has 5 nitrogen and oxygen atoms in total. The highest BCUT2D eigenvalue weighted by molar-refractivity contribution is 6.30. The number of rotatable bonds is 5. The first-order valence-corrected chi connectivity index (χ1v) is 7.55. The molecule has 1 aromatic carbocycles. The van der Waals surface area contributed by atoms with Crippen molar-refractivity contribution in [3.05, 3.63) is 46.6 Å². The Balaban J connectivity index is 2.07. The lowest BCUT2D eigenvalue weighted by Crippen LogP contribution is -2.32. The summed E-state index contributed by atoms with van der Waals surface area (Å²) >= 11 is 5.93. The average molecular weight is 319 g/mol. The maximum atomic E-state index is 11.9. The number of nitrogens with one attached hydrogen (secondary N) is 2. The van der Waals surface area contributed by atoms with Crippen molar-refractivity contribution in [3.8, 4) is 0 Å². The third kappa shape index (κ3) is 4.18. The third-order valence-corrected chi connectivity index (χ3v) is 3.57. The summed E-state index contributed by atoms with van der Waals surface area (Å²) in [5.41, 5.74) is 2.21. The van der Waals surface area contributed by atoms with Crippen molar-refractivity contribution in [2.24, 2.45) is 0 Å². The molecule has 2 aromatic rings. The molecule has 0 aliphatic rings. The highest BCUT2D eigenvalue weighted by Gasteiger charge is 2.10. The maximum Gasteiger partial charge on any atom is 0.272 e. The molecule has 1 heterocycles. The van der Waals surface area contributed by atoms with Crippen LogP contribution in [0, 0.1) is 6.92 Å². The van der Waals surface area contributed by atoms with Crippen LogP contribution in [0.15, 0.2) is 30.3 Å². The zero-order valence-electron chi connectivity index (χ0n) is 12.9. The number of aryl methyl sites for hydroxylation is 1. The van der Waals surface area contributed by atoms with E-state index >= 15 is 0 Å². The van der Waals surface area contributed by atoms with Gasteiger partial charge in [-0.2, -0.15) is 0 Å². The molecular formula is C16H19ClN4O. The minimum Gasteiger partial charge on any atom is -0.348 e. The van der Waals surface area contributed by atoms with Crippen LogP contribution in [0.5, 0.6) is 0 Å². The minimum atomic E-state index is -0.212. The number of aromatic nitrogens is 2. The van der Waals surface area contributed by atoms with Gasteiger partial charge in [0.2, 0.25) is 0 Å². The van der Waals surface area contributed by atoms with Gasteiger partial charge in [0.15, 0.2) is 11.5 Å². The van der Waals surface area contributed by atoms with Crippen LogP contribution in [0.1, 0.15) is 36.3 Å². The normalized spacial score (nSPS) is 11.8. The van der Waals surface area contributed by atoms with Crippen molar-refractivity contribution in [2.75, 3.05) is 5.32 Å². The molecule has 1 atom stereocenters. The SMILES string of the molecule is CCC(C)NC(=O)c1ccc(Nc2ccc(Cl)cc2C)nn1. The zero-order valence-corrected chi connectivity index (χ0v) is 13.6. The van der Waals surface area contributed by atoms with Crippen LogP contribution >= 0.6 is 11.6 Å². The van der Waals surface area contributed by atoms with Crippen LogP contribution in [0.25, 0.3) is 0 Å². The van der Waals surface area contributed by atoms with Gasteiger partial charge in [-0.1, -0.05) is 18.5 Å². The van der Waals surface area contributed by atoms with Gasteiger partial charge in [0.25, 0.3) is 5.91 Å². The number of hydrogen-bond donors (Lipinski definition) is 2. The van der Waals surface area contributed by atoms with Gasteiger partial charge < -0.3 is 10.6 Å². The van der Waals surface area contributed by atoms with E-state index in [1.807, 2.05) is 32.9 Å². The largest absolute Gasteiger partial charge is 0.348 e. The lowest BCUT2D eigenvalue weighted by atomic mass is 10.2. The number of halogens is 1. The molecule has 0 radical (unpaired) electrons. The fourth-order valence-corrected chi connectivity index (χ4v) is 2.05. The van der Waals surface area contributed by atoms with E-state index in [0.29, 0.717) is 16.5 Å². The molecule has 2 rings (SSSR count). The molecule has 1 unspecified atom stereocenters. The molecule has 0 bridgehead atoms. The summed E-state index contributed by atoms with van der Waals surface area (Å²) in [5, 5.41) is 14.7. The average Bonchev–Trinajstić information content (AvgIpc) is 2.50. The number of benzene rings is 1. The number of nitrogens with zero attached hydrogens (tertiary/aromatic N) is 2. The molecule has 1 amide bonds. The van der Waals surface area contributed by atoms with Gasteiger partial charge in [-0.25, -0.2) is 0 Å². The van der Waals surface area contributed by atoms with E-state index in [0.717, 1.165) is 17.7 Å². The van der Waals surface area contributed by atoms with Crippen LogP contribution in [0.4, 0.5) is 11.5 Å². The first kappa shape index (κ1) is 16.2. The Hall–Kier alpha value is -2.14. The van der Waals surface area contributed by atoms with Crippen molar-refractivity contribution < 1.29 is 4.79 Å². The van der Waals surface area contributed by atoms with Crippen molar-refractivity contribution in [1.29, 1.82) is 0 Å². The smallest absolute Gasteiger partial charge is 0.272 e. The fourth-order valence-electron chi connectivity index (χ4n) is 1.83. The van der Waals surface area contributed by atoms with Crippen LogP contribution in [0.2, 0.25) is 5.02 Å². The molecule has 0 saturated carbocycles. The number of carbonyl (C=O) groups excluding carboxylic acids is 1. The van der Waals surface area contributed by atoms with Gasteiger partial charge >= 0.3 is 0 Å². The lowest BCUT2D eigenvalue weighted by Gasteiger charge is -2.11. The standard InChI is InChI=1S/C16H19ClN4O/c1-4-11(3)18-16(22)14-7-8-15(21-20-14)19-13-6-5-12(17)9-10(13)2/h5-9,11H,4H2,1-3H3,(H,18,22)(H,19,21). The highest BCUT2D eigenvalue weighted by atomic mass is 35.5. The molecule has 1 aromatic heterocycles. The molecule has 2 N–H and O–H groups in total. The fraction of sp³-hybridized carbons (Fsp3) is 0.312. The summed E-state index contributed by atoms with van der Waals surface area (Å²) in [6.07, 6.45) is 0.870. The van der Waals surface area contributed by atoms with Crippen LogP contribution in [-0.4, -0.2) is 22.1 Å². The lowest BCUT2D eigenvalue weighted by molar-refractivity contribution is 0.0933. The van der Waals surface area contributed by atoms with Crippen molar-refractivity contribution in [3.63, 3.8) is 0 Å². The number of carbonyl (C=O) groups is 1. The Labute approximate surface area is 135 Å². The zero-order chi connectivity index (χ0) is 16.1. The Kier molecular flexibility index (Phi) is 5.33. The summed E-state index contributed by atoms with van der Waals surface area (Å²) in [7, 11) is 0. The van der Waals surface area contributed by atoms with E-state index in [4.69, 9.17) is 11.6 Å². The number of anilines is 2. The summed E-state index contributed by atoms with van der Waals surface area (Å²) < 4.78 is 0. The van der Waals surface area contributed by atoms with Crippen LogP contribution in [-0.2, 0) is 0 Å². The summed E-state index contributed by atoms with van der Waals surface area (Å²) in [6, 6.07) is 9.04. The van der Waals surface area contributed by atoms with E-state index in [1.165, 1.54) is 0 Å². The summed E-state index contributed by atoms with van der Waals surface area (Å²) in [5.74, 6) is 0.363. The molecule has 0 aliphatic carbocycles. The van der Waals surface area contributed by atoms with E-state index in [9.17, 15) is 4.79 Å². The third-order valence-electron chi connectivity index (χ3n) is 3.34. The van der Waals surface area contributed by atoms with Gasteiger partial charge in [-0.05, 0) is 56.2 Å². The first-order chi connectivity index (χ1) is 10.5. The van der Waals surface area contributed by atoms with Crippen molar-refractivity contribution in [1.82, 2.24) is 15.5 Å². The second-order valence-electron chi connectivity index (χ2n) is 5.17. The number of amides is 1. The molecule has 0 spiro atoms. The predicted molar refractivity (Wildman–Crippen MR) is 88.7 cm³/mol. The molecule has 6 heteroatoms. The maximum absolute atomic E-state index is 11.9. The van der Waals surface area contributed by atoms with E-state index in [-0.39, 0.29) is 11.9 Å². The van der Waals surface area contributed by atoms with Gasteiger partial charge in [0, 0.05) is 16.8 Å². The van der Waals surface area contributed by atoms with Gasteiger partial charge in [-0.3, -0.25) is 4.79 Å². The second-order valence-corrected chi connectivity index (χ2v) is 5.61. The van der Waals surface area contributed by atoms with E-state index in [2.05, 4.69) is 20.8 Å². The highest BCUT2D eigenvalue weighted by Crippen LogP contribution is 2.22. The summed E-state index contributed by atoms with van der Waals surface area (Å²) in [6.45, 7) is 5.91. The quantitative estimate of drug-likeness (QED) is 0.882. The Morgan fingerprint density at radius 3 is 2.64 bits per heavy atom. The van der Waals surface area contributed by atoms with E-state index < -0.39 is 0 Å². The topological polar surface area (TPSA) is 66.9 Å². The molecule has 0 aliphatic heterocycles. The molecule has 0 fully saturated rings. The summed E-state index contributed by atoms with van der Waals surface area (Å²) in [4.78, 5) is 11.9. The van der Waals surface area contributed by atoms with Gasteiger partial charge in [0.1, 0.15) is 0 Å². The molecule has 22 heavy (non-hydrogen) atoms. The van der Waals surface area contributed by atoms with E-state index in [1.54, 1.807) is 18.2 Å². The Bertz CT molecular complexity index is 658. The second kappa shape index (κ2) is 7.22. The van der Waals surface area contributed by atoms with Crippen LogP contribution < -0.4 is 10.6 Å². The van der Waals surface area contributed by atoms with Crippen LogP contribution in [0.3, 0.4) is 0 Å². The van der Waals surface area contributed by atoms with Gasteiger partial charge in [-0.15, -0.1) is 10.2 Å². The van der Waals surface area contributed by atoms with Crippen molar-refractivity contribution >= 4 is 29.0 Å². The molecular weight excluding hydrogens is 300 g/mol. The Morgan fingerprint density at radius 2 is 2.05 bits per heavy atom. The van der Waals surface area contributed by atoms with Crippen molar-refractivity contribution in [2.45, 2.75) is 33.2 Å².